The highest BCUT2D eigenvalue weighted by atomic mass is 16.8. The fourth-order valence-corrected chi connectivity index (χ4v) is 2.38. The molecule has 1 aromatic rings. The second-order valence-corrected chi connectivity index (χ2v) is 5.01. The Balaban J connectivity index is 2.00. The Morgan fingerprint density at radius 1 is 1.37 bits per heavy atom. The summed E-state index contributed by atoms with van der Waals surface area (Å²) in [6.45, 7) is 7.34. The molecule has 2 fully saturated rings. The van der Waals surface area contributed by atoms with Crippen LogP contribution < -0.4 is 11.2 Å². The van der Waals surface area contributed by atoms with Crippen LogP contribution in [0, 0.1) is 0 Å². The Morgan fingerprint density at radius 2 is 2.11 bits per heavy atom. The third kappa shape index (κ3) is 1.91. The highest BCUT2D eigenvalue weighted by Gasteiger charge is 2.53. The number of fused-ring (bicyclic) bond motifs is 1. The zero-order valence-electron chi connectivity index (χ0n) is 10.6. The number of hydrogen-bond acceptors (Lipinski definition) is 5. The van der Waals surface area contributed by atoms with Crippen LogP contribution in [-0.2, 0) is 14.2 Å². The fourth-order valence-electron chi connectivity index (χ4n) is 2.38. The van der Waals surface area contributed by atoms with Gasteiger partial charge in [0.1, 0.15) is 11.9 Å². The lowest BCUT2D eigenvalue weighted by Gasteiger charge is -2.23. The van der Waals surface area contributed by atoms with Crippen molar-refractivity contribution in [3.8, 4) is 0 Å². The van der Waals surface area contributed by atoms with Gasteiger partial charge in [0.15, 0.2) is 11.9 Å². The largest absolute Gasteiger partial charge is 0.469 e. The second-order valence-electron chi connectivity index (χ2n) is 5.01. The van der Waals surface area contributed by atoms with Gasteiger partial charge in [-0.2, -0.15) is 0 Å². The first kappa shape index (κ1) is 12.2. The van der Waals surface area contributed by atoms with Gasteiger partial charge in [-0.3, -0.25) is 14.3 Å². The monoisotopic (exact) mass is 266 g/mol. The molecule has 0 saturated carbocycles. The molecular weight excluding hydrogens is 252 g/mol. The van der Waals surface area contributed by atoms with Crippen LogP contribution in [0.25, 0.3) is 0 Å². The molecular formula is C12H14N2O5. The molecule has 2 saturated heterocycles. The molecule has 0 amide bonds. The molecule has 0 radical (unpaired) electrons. The number of ether oxygens (including phenoxy) is 3. The molecule has 0 aliphatic carbocycles. The Morgan fingerprint density at radius 3 is 2.79 bits per heavy atom. The van der Waals surface area contributed by atoms with Crippen molar-refractivity contribution in [1.29, 1.82) is 0 Å². The van der Waals surface area contributed by atoms with Crippen molar-refractivity contribution in [3.05, 3.63) is 45.4 Å². The molecule has 3 rings (SSSR count). The van der Waals surface area contributed by atoms with Gasteiger partial charge in [0.2, 0.25) is 6.23 Å². The van der Waals surface area contributed by atoms with Crippen molar-refractivity contribution in [2.75, 3.05) is 0 Å². The van der Waals surface area contributed by atoms with E-state index in [-0.39, 0.29) is 0 Å². The first-order valence-corrected chi connectivity index (χ1v) is 5.90. The van der Waals surface area contributed by atoms with E-state index in [2.05, 4.69) is 11.6 Å². The average Bonchev–Trinajstić information content (AvgIpc) is 2.75. The second kappa shape index (κ2) is 3.82. The van der Waals surface area contributed by atoms with E-state index in [1.165, 1.54) is 16.8 Å². The Kier molecular flexibility index (Phi) is 2.45. The summed E-state index contributed by atoms with van der Waals surface area (Å²) in [5.74, 6) is -0.342. The number of hydrogen-bond donors (Lipinski definition) is 1. The zero-order valence-corrected chi connectivity index (χ0v) is 10.6. The number of aromatic amines is 1. The lowest BCUT2D eigenvalue weighted by molar-refractivity contribution is -0.174. The standard InChI is InChI=1S/C12H14N2O5/c1-6-8-9(19-12(2,3)18-8)10(17-6)14-5-4-7(15)13-11(14)16/h4-5,8-10H,1H2,2-3H3,(H,13,15,16)/t8-,9-,10+/m0/s1. The van der Waals surface area contributed by atoms with Crippen molar-refractivity contribution in [2.45, 2.75) is 38.1 Å². The van der Waals surface area contributed by atoms with E-state index >= 15 is 0 Å². The molecule has 19 heavy (non-hydrogen) atoms. The van der Waals surface area contributed by atoms with Crippen LogP contribution in [0.15, 0.2) is 34.2 Å². The van der Waals surface area contributed by atoms with E-state index in [4.69, 9.17) is 14.2 Å². The number of H-pyrrole nitrogens is 1. The van der Waals surface area contributed by atoms with Crippen LogP contribution >= 0.6 is 0 Å². The van der Waals surface area contributed by atoms with Crippen molar-refractivity contribution in [2.24, 2.45) is 0 Å². The van der Waals surface area contributed by atoms with E-state index in [1.54, 1.807) is 13.8 Å². The maximum atomic E-state index is 11.8. The van der Waals surface area contributed by atoms with Crippen molar-refractivity contribution in [3.63, 3.8) is 0 Å². The van der Waals surface area contributed by atoms with E-state index in [0.717, 1.165) is 0 Å². The molecule has 0 spiro atoms. The minimum absolute atomic E-state index is 0.415. The molecule has 2 aliphatic heterocycles. The summed E-state index contributed by atoms with van der Waals surface area (Å²) >= 11 is 0. The van der Waals surface area contributed by atoms with Gasteiger partial charge in [-0.15, -0.1) is 0 Å². The molecule has 7 heteroatoms. The SMILES string of the molecule is C=C1O[C@@H](n2ccc(=O)[nH]c2=O)[C@H]2OC(C)(C)O[C@@H]12. The summed E-state index contributed by atoms with van der Waals surface area (Å²) in [5.41, 5.74) is -1.02. The quantitative estimate of drug-likeness (QED) is 0.779. The minimum Gasteiger partial charge on any atom is -0.469 e. The van der Waals surface area contributed by atoms with Gasteiger partial charge < -0.3 is 14.2 Å². The lowest BCUT2D eigenvalue weighted by atomic mass is 10.2. The normalized spacial score (nSPS) is 32.1. The third-order valence-electron chi connectivity index (χ3n) is 3.12. The molecule has 102 valence electrons. The first-order valence-electron chi connectivity index (χ1n) is 5.90. The van der Waals surface area contributed by atoms with Gasteiger partial charge >= 0.3 is 5.69 Å². The smallest absolute Gasteiger partial charge is 0.331 e. The van der Waals surface area contributed by atoms with Crippen LogP contribution in [0.4, 0.5) is 0 Å². The van der Waals surface area contributed by atoms with Gasteiger partial charge in [0, 0.05) is 12.3 Å². The topological polar surface area (TPSA) is 82.6 Å². The first-order chi connectivity index (χ1) is 8.87. The van der Waals surface area contributed by atoms with Crippen molar-refractivity contribution >= 4 is 0 Å². The molecule has 3 heterocycles. The van der Waals surface area contributed by atoms with Gasteiger partial charge in [-0.05, 0) is 13.8 Å². The lowest BCUT2D eigenvalue weighted by Crippen LogP contribution is -2.37. The Bertz CT molecular complexity index is 644. The van der Waals surface area contributed by atoms with E-state index < -0.39 is 35.5 Å². The average molecular weight is 266 g/mol. The van der Waals surface area contributed by atoms with Crippen LogP contribution in [0.5, 0.6) is 0 Å². The number of nitrogens with zero attached hydrogens (tertiary/aromatic N) is 1. The Labute approximate surface area is 108 Å². The molecule has 3 atom stereocenters. The van der Waals surface area contributed by atoms with Crippen molar-refractivity contribution in [1.82, 2.24) is 9.55 Å². The molecule has 1 N–H and O–H groups in total. The van der Waals surface area contributed by atoms with E-state index in [9.17, 15) is 9.59 Å². The van der Waals surface area contributed by atoms with E-state index in [1.807, 2.05) is 0 Å². The minimum atomic E-state index is -0.758. The van der Waals surface area contributed by atoms with E-state index in [0.29, 0.717) is 5.76 Å². The fraction of sp³-hybridized carbons (Fsp3) is 0.500. The van der Waals surface area contributed by atoms with Gasteiger partial charge in [0.05, 0.1) is 0 Å². The maximum Gasteiger partial charge on any atom is 0.331 e. The van der Waals surface area contributed by atoms with Gasteiger partial charge in [-0.1, -0.05) is 6.58 Å². The summed E-state index contributed by atoms with van der Waals surface area (Å²) in [5, 5.41) is 0. The van der Waals surface area contributed by atoms with Crippen LogP contribution in [0.1, 0.15) is 20.1 Å². The summed E-state index contributed by atoms with van der Waals surface area (Å²) in [6, 6.07) is 1.25. The predicted octanol–water partition coefficient (Wildman–Crippen LogP) is 0.0992. The number of nitrogens with one attached hydrogen (secondary N) is 1. The van der Waals surface area contributed by atoms with Crippen LogP contribution in [-0.4, -0.2) is 27.5 Å². The molecule has 0 bridgehead atoms. The summed E-state index contributed by atoms with van der Waals surface area (Å²) < 4.78 is 18.2. The van der Waals surface area contributed by atoms with Gasteiger partial charge in [-0.25, -0.2) is 4.79 Å². The predicted molar refractivity (Wildman–Crippen MR) is 64.4 cm³/mol. The third-order valence-corrected chi connectivity index (χ3v) is 3.12. The maximum absolute atomic E-state index is 11.8. The zero-order chi connectivity index (χ0) is 13.8. The highest BCUT2D eigenvalue weighted by molar-refractivity contribution is 5.10. The Hall–Kier alpha value is -1.86. The number of rotatable bonds is 1. The molecule has 0 aromatic carbocycles. The van der Waals surface area contributed by atoms with Crippen LogP contribution in [0.3, 0.4) is 0 Å². The molecule has 2 aliphatic rings. The molecule has 7 nitrogen and oxygen atoms in total. The highest BCUT2D eigenvalue weighted by Crippen LogP contribution is 2.43. The number of aromatic nitrogens is 2. The van der Waals surface area contributed by atoms with Crippen LogP contribution in [0.2, 0.25) is 0 Å². The van der Waals surface area contributed by atoms with Gasteiger partial charge in [0.25, 0.3) is 5.56 Å². The van der Waals surface area contributed by atoms with Crippen molar-refractivity contribution < 1.29 is 14.2 Å². The molecule has 1 aromatic heterocycles. The molecule has 0 unspecified atom stereocenters. The summed E-state index contributed by atoms with van der Waals surface area (Å²) in [7, 11) is 0. The summed E-state index contributed by atoms with van der Waals surface area (Å²) in [4.78, 5) is 25.0. The summed E-state index contributed by atoms with van der Waals surface area (Å²) in [6.07, 6.45) is -0.204.